The van der Waals surface area contributed by atoms with Gasteiger partial charge in [-0.05, 0) is 55.3 Å². The maximum atomic E-state index is 13.0. The van der Waals surface area contributed by atoms with Crippen molar-refractivity contribution >= 4 is 0 Å². The second kappa shape index (κ2) is 7.34. The van der Waals surface area contributed by atoms with Gasteiger partial charge in [0.2, 0.25) is 5.89 Å². The van der Waals surface area contributed by atoms with E-state index >= 15 is 0 Å². The third-order valence-electron chi connectivity index (χ3n) is 3.81. The van der Waals surface area contributed by atoms with E-state index in [2.05, 4.69) is 5.10 Å². The molecule has 5 nitrogen and oxygen atoms in total. The van der Waals surface area contributed by atoms with Crippen LogP contribution in [0.25, 0.3) is 11.5 Å². The number of hydrogen-bond donors (Lipinski definition) is 0. The molecule has 0 N–H and O–H groups in total. The molecule has 3 aromatic rings. The van der Waals surface area contributed by atoms with Gasteiger partial charge in [-0.15, -0.1) is 5.10 Å². The zero-order valence-electron chi connectivity index (χ0n) is 14.2. The molecule has 0 aliphatic rings. The first kappa shape index (κ1) is 17.0. The lowest BCUT2D eigenvalue weighted by atomic mass is 10.1. The van der Waals surface area contributed by atoms with Crippen LogP contribution in [0.4, 0.5) is 4.39 Å². The molecule has 0 bridgehead atoms. The Bertz CT molecular complexity index is 913. The van der Waals surface area contributed by atoms with E-state index < -0.39 is 5.76 Å². The molecule has 0 aliphatic carbocycles. The van der Waals surface area contributed by atoms with Crippen LogP contribution < -0.4 is 10.5 Å². The summed E-state index contributed by atoms with van der Waals surface area (Å²) < 4.78 is 25.1. The molecule has 0 unspecified atom stereocenters. The molecule has 1 aromatic heterocycles. The van der Waals surface area contributed by atoms with E-state index in [4.69, 9.17) is 9.15 Å². The van der Waals surface area contributed by atoms with Crippen LogP contribution in [-0.4, -0.2) is 16.4 Å². The molecular formula is C19H19FN2O3. The zero-order chi connectivity index (χ0) is 17.8. The van der Waals surface area contributed by atoms with Crippen LogP contribution in [0.2, 0.25) is 0 Å². The highest BCUT2D eigenvalue weighted by Gasteiger charge is 2.10. The number of nitrogens with zero attached hydrogens (tertiary/aromatic N) is 2. The van der Waals surface area contributed by atoms with Gasteiger partial charge in [-0.2, -0.15) is 4.68 Å². The average molecular weight is 342 g/mol. The molecule has 130 valence electrons. The number of rotatable bonds is 6. The van der Waals surface area contributed by atoms with Gasteiger partial charge in [-0.25, -0.2) is 9.18 Å². The molecule has 0 spiro atoms. The Morgan fingerprint density at radius 2 is 1.92 bits per heavy atom. The molecule has 2 aromatic carbocycles. The predicted molar refractivity (Wildman–Crippen MR) is 92.2 cm³/mol. The van der Waals surface area contributed by atoms with Gasteiger partial charge >= 0.3 is 5.76 Å². The minimum atomic E-state index is -0.536. The van der Waals surface area contributed by atoms with Crippen molar-refractivity contribution in [2.75, 3.05) is 6.61 Å². The standard InChI is InChI=1S/C19H19FN2O3/c1-13-4-5-14(2)17(12-13)24-11-3-10-22-19(23)25-18(21-22)15-6-8-16(20)9-7-15/h4-9,12H,3,10-11H2,1-2H3. The highest BCUT2D eigenvalue weighted by molar-refractivity contribution is 5.51. The van der Waals surface area contributed by atoms with Gasteiger partial charge in [0.1, 0.15) is 11.6 Å². The summed E-state index contributed by atoms with van der Waals surface area (Å²) in [6.45, 7) is 4.86. The number of aryl methyl sites for hydroxylation is 3. The first-order chi connectivity index (χ1) is 12.0. The minimum Gasteiger partial charge on any atom is -0.493 e. The average Bonchev–Trinajstić information content (AvgIpc) is 2.96. The normalized spacial score (nSPS) is 10.8. The Balaban J connectivity index is 1.59. The van der Waals surface area contributed by atoms with Crippen LogP contribution in [0.3, 0.4) is 0 Å². The lowest BCUT2D eigenvalue weighted by molar-refractivity contribution is 0.294. The lowest BCUT2D eigenvalue weighted by Crippen LogP contribution is -2.17. The number of aromatic nitrogens is 2. The van der Waals surface area contributed by atoms with Crippen LogP contribution in [0.15, 0.2) is 51.7 Å². The molecule has 0 saturated heterocycles. The van der Waals surface area contributed by atoms with Gasteiger partial charge in [0.25, 0.3) is 0 Å². The fourth-order valence-electron chi connectivity index (χ4n) is 2.42. The van der Waals surface area contributed by atoms with Crippen LogP contribution in [0.5, 0.6) is 5.75 Å². The third kappa shape index (κ3) is 4.15. The SMILES string of the molecule is Cc1ccc(C)c(OCCCn2nc(-c3ccc(F)cc3)oc2=O)c1. The van der Waals surface area contributed by atoms with Crippen molar-refractivity contribution in [2.45, 2.75) is 26.8 Å². The molecule has 0 aliphatic heterocycles. The fourth-order valence-corrected chi connectivity index (χ4v) is 2.42. The topological polar surface area (TPSA) is 57.3 Å². The third-order valence-corrected chi connectivity index (χ3v) is 3.81. The summed E-state index contributed by atoms with van der Waals surface area (Å²) in [6.07, 6.45) is 0.614. The Morgan fingerprint density at radius 3 is 2.68 bits per heavy atom. The molecule has 25 heavy (non-hydrogen) atoms. The number of ether oxygens (including phenoxy) is 1. The van der Waals surface area contributed by atoms with Gasteiger partial charge in [-0.3, -0.25) is 0 Å². The molecule has 0 fully saturated rings. The van der Waals surface area contributed by atoms with Crippen molar-refractivity contribution in [2.24, 2.45) is 0 Å². The summed E-state index contributed by atoms with van der Waals surface area (Å²) in [6, 6.07) is 11.7. The maximum absolute atomic E-state index is 13.0. The number of hydrogen-bond acceptors (Lipinski definition) is 4. The van der Waals surface area contributed by atoms with E-state index in [0.717, 1.165) is 16.9 Å². The highest BCUT2D eigenvalue weighted by atomic mass is 19.1. The van der Waals surface area contributed by atoms with E-state index in [-0.39, 0.29) is 11.7 Å². The largest absolute Gasteiger partial charge is 0.493 e. The predicted octanol–water partition coefficient (Wildman–Crippen LogP) is 3.73. The Kier molecular flexibility index (Phi) is 4.97. The summed E-state index contributed by atoms with van der Waals surface area (Å²) in [5, 5.41) is 4.15. The highest BCUT2D eigenvalue weighted by Crippen LogP contribution is 2.19. The molecule has 0 radical (unpaired) electrons. The molecule has 3 rings (SSSR count). The van der Waals surface area contributed by atoms with Gasteiger partial charge in [0.05, 0.1) is 13.2 Å². The Morgan fingerprint density at radius 1 is 1.16 bits per heavy atom. The first-order valence-electron chi connectivity index (χ1n) is 8.07. The monoisotopic (exact) mass is 342 g/mol. The summed E-state index contributed by atoms with van der Waals surface area (Å²) in [7, 11) is 0. The number of benzene rings is 2. The minimum absolute atomic E-state index is 0.181. The van der Waals surface area contributed by atoms with Gasteiger partial charge in [0.15, 0.2) is 0 Å². The van der Waals surface area contributed by atoms with Crippen LogP contribution in [0, 0.1) is 19.7 Å². The van der Waals surface area contributed by atoms with E-state index in [1.807, 2.05) is 32.0 Å². The van der Waals surface area contributed by atoms with Gasteiger partial charge < -0.3 is 9.15 Å². The fraction of sp³-hybridized carbons (Fsp3) is 0.263. The maximum Gasteiger partial charge on any atom is 0.437 e. The smallest absolute Gasteiger partial charge is 0.437 e. The van der Waals surface area contributed by atoms with E-state index in [1.165, 1.54) is 28.9 Å². The summed E-state index contributed by atoms with van der Waals surface area (Å²) in [5.41, 5.74) is 2.77. The number of halogens is 1. The van der Waals surface area contributed by atoms with Gasteiger partial charge in [-0.1, -0.05) is 12.1 Å². The molecular weight excluding hydrogens is 323 g/mol. The second-order valence-corrected chi connectivity index (χ2v) is 5.87. The molecule has 1 heterocycles. The van der Waals surface area contributed by atoms with Crippen LogP contribution in [0.1, 0.15) is 17.5 Å². The van der Waals surface area contributed by atoms with Crippen LogP contribution in [-0.2, 0) is 6.54 Å². The van der Waals surface area contributed by atoms with E-state index in [1.54, 1.807) is 0 Å². The zero-order valence-corrected chi connectivity index (χ0v) is 14.2. The van der Waals surface area contributed by atoms with Crippen molar-refractivity contribution in [3.05, 3.63) is 70.0 Å². The van der Waals surface area contributed by atoms with Crippen LogP contribution >= 0.6 is 0 Å². The van der Waals surface area contributed by atoms with Crippen molar-refractivity contribution in [3.8, 4) is 17.2 Å². The Labute approximate surface area is 144 Å². The summed E-state index contributed by atoms with van der Waals surface area (Å²) >= 11 is 0. The summed E-state index contributed by atoms with van der Waals surface area (Å²) in [4.78, 5) is 11.9. The molecule has 6 heteroatoms. The molecule has 0 atom stereocenters. The molecule has 0 amide bonds. The van der Waals surface area contributed by atoms with Gasteiger partial charge in [0, 0.05) is 12.0 Å². The first-order valence-corrected chi connectivity index (χ1v) is 8.07. The van der Waals surface area contributed by atoms with Crippen molar-refractivity contribution in [1.82, 2.24) is 9.78 Å². The van der Waals surface area contributed by atoms with Crippen molar-refractivity contribution in [3.63, 3.8) is 0 Å². The second-order valence-electron chi connectivity index (χ2n) is 5.87. The quantitative estimate of drug-likeness (QED) is 0.641. The Hall–Kier alpha value is -2.89. The van der Waals surface area contributed by atoms with E-state index in [0.29, 0.717) is 25.1 Å². The molecule has 0 saturated carbocycles. The summed E-state index contributed by atoms with van der Waals surface area (Å²) in [5.74, 6) is 0.139. The van der Waals surface area contributed by atoms with E-state index in [9.17, 15) is 9.18 Å². The van der Waals surface area contributed by atoms with Crippen molar-refractivity contribution in [1.29, 1.82) is 0 Å². The lowest BCUT2D eigenvalue weighted by Gasteiger charge is -2.09. The van der Waals surface area contributed by atoms with Crippen molar-refractivity contribution < 1.29 is 13.5 Å².